The van der Waals surface area contributed by atoms with Crippen LogP contribution in [-0.4, -0.2) is 17.0 Å². The first kappa shape index (κ1) is 17.1. The number of hydrogen-bond donors (Lipinski definition) is 1. The van der Waals surface area contributed by atoms with Crippen LogP contribution in [0.5, 0.6) is 0 Å². The number of fused-ring (bicyclic) bond motifs is 5. The normalized spacial score (nSPS) is 57.0. The van der Waals surface area contributed by atoms with Gasteiger partial charge in [-0.05, 0) is 98.7 Å². The maximum atomic E-state index is 12.0. The fourth-order valence-electron chi connectivity index (χ4n) is 7.96. The number of carbonyl (C=O) groups is 1. The van der Waals surface area contributed by atoms with E-state index in [2.05, 4.69) is 20.8 Å². The van der Waals surface area contributed by atoms with Gasteiger partial charge in [-0.1, -0.05) is 20.8 Å². The van der Waals surface area contributed by atoms with E-state index in [0.717, 1.165) is 37.0 Å². The van der Waals surface area contributed by atoms with Crippen LogP contribution in [0.2, 0.25) is 0 Å². The van der Waals surface area contributed by atoms with E-state index in [1.54, 1.807) is 6.92 Å². The van der Waals surface area contributed by atoms with Crippen LogP contribution in [0.3, 0.4) is 0 Å². The molecular formula is C22H36O2. The molecule has 0 aromatic carbocycles. The Hall–Kier alpha value is -0.370. The number of Topliss-reactive ketones (excluding diaryl/α,β-unsaturated/α-hetero) is 1. The predicted molar refractivity (Wildman–Crippen MR) is 96.5 cm³/mol. The van der Waals surface area contributed by atoms with E-state index in [9.17, 15) is 9.90 Å². The van der Waals surface area contributed by atoms with Crippen LogP contribution in [0.4, 0.5) is 0 Å². The molecule has 4 aliphatic carbocycles. The van der Waals surface area contributed by atoms with Crippen molar-refractivity contribution in [3.8, 4) is 0 Å². The SMILES string of the molecule is CC(=O)[C@H]1CC[C@]2(C)[C@@H]3CC[C@]4(C)[C@H](CC[C@@H]4O)[C@@H]3CC[C@@]2(C)C1. The zero-order valence-corrected chi connectivity index (χ0v) is 16.1. The van der Waals surface area contributed by atoms with Gasteiger partial charge in [-0.2, -0.15) is 0 Å². The lowest BCUT2D eigenvalue weighted by atomic mass is 9.40. The maximum absolute atomic E-state index is 12.0. The minimum absolute atomic E-state index is 0.0713. The van der Waals surface area contributed by atoms with Gasteiger partial charge in [0.1, 0.15) is 5.78 Å². The summed E-state index contributed by atoms with van der Waals surface area (Å²) in [4.78, 5) is 12.0. The molecular weight excluding hydrogens is 296 g/mol. The van der Waals surface area contributed by atoms with Crippen molar-refractivity contribution in [2.75, 3.05) is 0 Å². The molecule has 8 atom stereocenters. The molecule has 0 spiro atoms. The molecule has 2 nitrogen and oxygen atoms in total. The zero-order valence-electron chi connectivity index (χ0n) is 16.1. The summed E-state index contributed by atoms with van der Waals surface area (Å²) < 4.78 is 0. The molecule has 0 amide bonds. The second-order valence-corrected chi connectivity index (χ2v) is 10.6. The van der Waals surface area contributed by atoms with Crippen molar-refractivity contribution < 1.29 is 9.90 Å². The largest absolute Gasteiger partial charge is 0.393 e. The summed E-state index contributed by atoms with van der Waals surface area (Å²) in [5.74, 6) is 3.08. The second kappa shape index (κ2) is 5.32. The molecule has 136 valence electrons. The highest BCUT2D eigenvalue weighted by atomic mass is 16.3. The lowest BCUT2D eigenvalue weighted by Gasteiger charge is -2.65. The Kier molecular flexibility index (Phi) is 3.78. The monoisotopic (exact) mass is 332 g/mol. The Balaban J connectivity index is 1.64. The van der Waals surface area contributed by atoms with Crippen molar-refractivity contribution in [1.82, 2.24) is 0 Å². The van der Waals surface area contributed by atoms with Gasteiger partial charge in [0.15, 0.2) is 0 Å². The van der Waals surface area contributed by atoms with Gasteiger partial charge >= 0.3 is 0 Å². The molecule has 0 bridgehead atoms. The van der Waals surface area contributed by atoms with Crippen LogP contribution in [0.25, 0.3) is 0 Å². The first-order valence-corrected chi connectivity index (χ1v) is 10.4. The van der Waals surface area contributed by atoms with E-state index in [1.165, 1.54) is 38.5 Å². The van der Waals surface area contributed by atoms with Crippen LogP contribution >= 0.6 is 0 Å². The molecule has 0 unspecified atom stereocenters. The van der Waals surface area contributed by atoms with Crippen LogP contribution in [0, 0.1) is 39.9 Å². The molecule has 4 fully saturated rings. The Labute approximate surface area is 147 Å². The van der Waals surface area contributed by atoms with Crippen molar-refractivity contribution in [2.45, 2.75) is 91.6 Å². The number of hydrogen-bond acceptors (Lipinski definition) is 2. The topological polar surface area (TPSA) is 37.3 Å². The quantitative estimate of drug-likeness (QED) is 0.735. The summed E-state index contributed by atoms with van der Waals surface area (Å²) in [5.41, 5.74) is 0.923. The van der Waals surface area contributed by atoms with E-state index < -0.39 is 0 Å². The average molecular weight is 333 g/mol. The molecule has 4 rings (SSSR count). The Morgan fingerprint density at radius 1 is 0.917 bits per heavy atom. The number of rotatable bonds is 1. The molecule has 0 saturated heterocycles. The number of aliphatic hydroxyl groups is 1. The molecule has 2 heteroatoms. The fraction of sp³-hybridized carbons (Fsp3) is 0.955. The van der Waals surface area contributed by atoms with Crippen molar-refractivity contribution in [3.63, 3.8) is 0 Å². The summed E-state index contributed by atoms with van der Waals surface area (Å²) in [6.07, 6.45) is 10.8. The lowest BCUT2D eigenvalue weighted by molar-refractivity contribution is -0.168. The summed E-state index contributed by atoms with van der Waals surface area (Å²) in [7, 11) is 0. The highest BCUT2D eigenvalue weighted by Crippen LogP contribution is 2.70. The van der Waals surface area contributed by atoms with Crippen molar-refractivity contribution in [1.29, 1.82) is 0 Å². The Morgan fingerprint density at radius 2 is 1.67 bits per heavy atom. The van der Waals surface area contributed by atoms with E-state index >= 15 is 0 Å². The van der Waals surface area contributed by atoms with Gasteiger partial charge in [0.05, 0.1) is 6.10 Å². The molecule has 0 aliphatic heterocycles. The molecule has 24 heavy (non-hydrogen) atoms. The fourth-order valence-corrected chi connectivity index (χ4v) is 7.96. The summed E-state index contributed by atoms with van der Waals surface area (Å²) >= 11 is 0. The summed E-state index contributed by atoms with van der Waals surface area (Å²) in [6, 6.07) is 0. The van der Waals surface area contributed by atoms with Gasteiger partial charge in [0.2, 0.25) is 0 Å². The number of carbonyl (C=O) groups excluding carboxylic acids is 1. The third kappa shape index (κ3) is 2.07. The summed E-state index contributed by atoms with van der Waals surface area (Å²) in [5, 5.41) is 10.6. The van der Waals surface area contributed by atoms with Gasteiger partial charge in [-0.3, -0.25) is 4.79 Å². The minimum atomic E-state index is -0.0713. The van der Waals surface area contributed by atoms with Gasteiger partial charge in [0, 0.05) is 5.92 Å². The van der Waals surface area contributed by atoms with Crippen LogP contribution < -0.4 is 0 Å². The standard InChI is InChI=1S/C22H36O2/c1-14(23)15-7-12-22(4)18-9-11-21(3)17(5-6-19(21)24)16(18)8-10-20(22,2)13-15/h15-19,24H,5-13H2,1-4H3/t15-,16-,17+,18+,19-,20-,21+,22+/m0/s1. The van der Waals surface area contributed by atoms with E-state index in [4.69, 9.17) is 0 Å². The lowest BCUT2D eigenvalue weighted by Crippen LogP contribution is -2.58. The predicted octanol–water partition coefficient (Wildman–Crippen LogP) is 4.99. The number of aliphatic hydroxyl groups excluding tert-OH is 1. The first-order chi connectivity index (χ1) is 11.2. The zero-order chi connectivity index (χ0) is 17.3. The smallest absolute Gasteiger partial charge is 0.132 e. The molecule has 0 heterocycles. The van der Waals surface area contributed by atoms with Gasteiger partial charge in [-0.15, -0.1) is 0 Å². The molecule has 4 aliphatic rings. The van der Waals surface area contributed by atoms with Gasteiger partial charge in [0.25, 0.3) is 0 Å². The first-order valence-electron chi connectivity index (χ1n) is 10.4. The Bertz CT molecular complexity index is 542. The second-order valence-electron chi connectivity index (χ2n) is 10.6. The average Bonchev–Trinajstić information content (AvgIpc) is 2.83. The highest BCUT2D eigenvalue weighted by Gasteiger charge is 2.63. The van der Waals surface area contributed by atoms with Crippen molar-refractivity contribution in [3.05, 3.63) is 0 Å². The molecule has 1 N–H and O–H groups in total. The molecule has 0 aromatic rings. The van der Waals surface area contributed by atoms with E-state index in [0.29, 0.717) is 22.5 Å². The summed E-state index contributed by atoms with van der Waals surface area (Å²) in [6.45, 7) is 9.23. The van der Waals surface area contributed by atoms with E-state index in [1.807, 2.05) is 0 Å². The van der Waals surface area contributed by atoms with E-state index in [-0.39, 0.29) is 11.5 Å². The van der Waals surface area contributed by atoms with Crippen LogP contribution in [0.15, 0.2) is 0 Å². The third-order valence-electron chi connectivity index (χ3n) is 9.90. The highest BCUT2D eigenvalue weighted by molar-refractivity contribution is 5.78. The third-order valence-corrected chi connectivity index (χ3v) is 9.90. The maximum Gasteiger partial charge on any atom is 0.132 e. The molecule has 0 radical (unpaired) electrons. The number of ketones is 1. The molecule has 0 aromatic heterocycles. The van der Waals surface area contributed by atoms with Gasteiger partial charge in [-0.25, -0.2) is 0 Å². The van der Waals surface area contributed by atoms with Crippen LogP contribution in [-0.2, 0) is 4.79 Å². The van der Waals surface area contributed by atoms with Crippen molar-refractivity contribution in [2.24, 2.45) is 39.9 Å². The molecule has 4 saturated carbocycles. The van der Waals surface area contributed by atoms with Crippen LogP contribution in [0.1, 0.15) is 85.5 Å². The minimum Gasteiger partial charge on any atom is -0.393 e. The van der Waals surface area contributed by atoms with Crippen molar-refractivity contribution >= 4 is 5.78 Å². The van der Waals surface area contributed by atoms with Gasteiger partial charge < -0.3 is 5.11 Å². The Morgan fingerprint density at radius 3 is 2.38 bits per heavy atom.